The largest absolute Gasteiger partial charge is 0.487 e. The van der Waals surface area contributed by atoms with E-state index in [9.17, 15) is 0 Å². The van der Waals surface area contributed by atoms with E-state index in [1.165, 1.54) is 11.3 Å². The SMILES string of the molecule is CC1CN(C)c2cc(CCCN)ccc2O1. The highest BCUT2D eigenvalue weighted by molar-refractivity contribution is 5.61. The molecule has 0 aliphatic carbocycles. The number of rotatable bonds is 3. The van der Waals surface area contributed by atoms with Gasteiger partial charge in [-0.05, 0) is 44.0 Å². The number of benzene rings is 1. The second-order valence-electron chi connectivity index (χ2n) is 4.50. The van der Waals surface area contributed by atoms with E-state index in [4.69, 9.17) is 10.5 Å². The number of anilines is 1. The lowest BCUT2D eigenvalue weighted by molar-refractivity contribution is 0.215. The van der Waals surface area contributed by atoms with Gasteiger partial charge >= 0.3 is 0 Å². The topological polar surface area (TPSA) is 38.5 Å². The molecule has 0 saturated carbocycles. The number of nitrogens with two attached hydrogens (primary N) is 1. The third-order valence-electron chi connectivity index (χ3n) is 2.96. The molecule has 0 amide bonds. The van der Waals surface area contributed by atoms with E-state index in [-0.39, 0.29) is 6.10 Å². The Morgan fingerprint density at radius 2 is 2.31 bits per heavy atom. The van der Waals surface area contributed by atoms with Gasteiger partial charge in [-0.1, -0.05) is 6.07 Å². The van der Waals surface area contributed by atoms with Crippen molar-refractivity contribution in [2.24, 2.45) is 5.73 Å². The molecule has 1 atom stereocenters. The van der Waals surface area contributed by atoms with Gasteiger partial charge in [-0.15, -0.1) is 0 Å². The van der Waals surface area contributed by atoms with Crippen molar-refractivity contribution >= 4 is 5.69 Å². The highest BCUT2D eigenvalue weighted by Gasteiger charge is 2.19. The molecule has 1 aromatic carbocycles. The van der Waals surface area contributed by atoms with E-state index >= 15 is 0 Å². The molecule has 0 spiro atoms. The molecule has 16 heavy (non-hydrogen) atoms. The molecule has 0 saturated heterocycles. The molecule has 0 aromatic heterocycles. The Morgan fingerprint density at radius 1 is 1.50 bits per heavy atom. The highest BCUT2D eigenvalue weighted by atomic mass is 16.5. The van der Waals surface area contributed by atoms with E-state index in [1.54, 1.807) is 0 Å². The molecule has 0 bridgehead atoms. The Morgan fingerprint density at radius 3 is 3.06 bits per heavy atom. The molecule has 2 rings (SSSR count). The van der Waals surface area contributed by atoms with Crippen molar-refractivity contribution < 1.29 is 4.74 Å². The van der Waals surface area contributed by atoms with Gasteiger partial charge in [0.1, 0.15) is 11.9 Å². The van der Waals surface area contributed by atoms with Crippen LogP contribution in [0.3, 0.4) is 0 Å². The van der Waals surface area contributed by atoms with Gasteiger partial charge in [0, 0.05) is 7.05 Å². The lowest BCUT2D eigenvalue weighted by Crippen LogP contribution is -2.35. The molecule has 2 N–H and O–H groups in total. The van der Waals surface area contributed by atoms with Crippen LogP contribution in [0.15, 0.2) is 18.2 Å². The van der Waals surface area contributed by atoms with Crippen LogP contribution in [-0.4, -0.2) is 26.2 Å². The second kappa shape index (κ2) is 4.74. The maximum atomic E-state index is 5.80. The highest BCUT2D eigenvalue weighted by Crippen LogP contribution is 2.33. The summed E-state index contributed by atoms with van der Waals surface area (Å²) in [6.45, 7) is 3.80. The van der Waals surface area contributed by atoms with Crippen LogP contribution in [0.4, 0.5) is 5.69 Å². The molecule has 0 fully saturated rings. The summed E-state index contributed by atoms with van der Waals surface area (Å²) in [6, 6.07) is 6.44. The minimum atomic E-state index is 0.271. The van der Waals surface area contributed by atoms with Crippen molar-refractivity contribution in [3.63, 3.8) is 0 Å². The summed E-state index contributed by atoms with van der Waals surface area (Å²) < 4.78 is 5.80. The summed E-state index contributed by atoms with van der Waals surface area (Å²) in [5.74, 6) is 0.998. The van der Waals surface area contributed by atoms with Crippen molar-refractivity contribution in [2.75, 3.05) is 25.0 Å². The zero-order chi connectivity index (χ0) is 11.5. The van der Waals surface area contributed by atoms with Gasteiger partial charge in [0.2, 0.25) is 0 Å². The van der Waals surface area contributed by atoms with E-state index in [2.05, 4.69) is 37.1 Å². The minimum Gasteiger partial charge on any atom is -0.487 e. The number of hydrogen-bond acceptors (Lipinski definition) is 3. The number of likely N-dealkylation sites (N-methyl/N-ethyl adjacent to an activating group) is 1. The lowest BCUT2D eigenvalue weighted by atomic mass is 10.1. The van der Waals surface area contributed by atoms with Gasteiger partial charge < -0.3 is 15.4 Å². The van der Waals surface area contributed by atoms with E-state index < -0.39 is 0 Å². The number of aryl methyl sites for hydroxylation is 1. The molecule has 1 unspecified atom stereocenters. The van der Waals surface area contributed by atoms with Gasteiger partial charge in [-0.3, -0.25) is 0 Å². The predicted octanol–water partition coefficient (Wildman–Crippen LogP) is 1.79. The van der Waals surface area contributed by atoms with Gasteiger partial charge in [0.15, 0.2) is 0 Å². The number of fused-ring (bicyclic) bond motifs is 1. The van der Waals surface area contributed by atoms with Crippen LogP contribution < -0.4 is 15.4 Å². The summed E-state index contributed by atoms with van der Waals surface area (Å²) >= 11 is 0. The van der Waals surface area contributed by atoms with Crippen LogP contribution in [-0.2, 0) is 6.42 Å². The van der Waals surface area contributed by atoms with E-state index in [0.29, 0.717) is 0 Å². The third-order valence-corrected chi connectivity index (χ3v) is 2.96. The molecule has 88 valence electrons. The maximum absolute atomic E-state index is 5.80. The maximum Gasteiger partial charge on any atom is 0.143 e. The van der Waals surface area contributed by atoms with Gasteiger partial charge in [-0.25, -0.2) is 0 Å². The molecular weight excluding hydrogens is 200 g/mol. The van der Waals surface area contributed by atoms with Gasteiger partial charge in [0.25, 0.3) is 0 Å². The van der Waals surface area contributed by atoms with Crippen molar-refractivity contribution in [1.29, 1.82) is 0 Å². The van der Waals surface area contributed by atoms with Crippen molar-refractivity contribution in [3.8, 4) is 5.75 Å². The van der Waals surface area contributed by atoms with Crippen molar-refractivity contribution in [3.05, 3.63) is 23.8 Å². The molecule has 0 radical (unpaired) electrons. The van der Waals surface area contributed by atoms with Gasteiger partial charge in [-0.2, -0.15) is 0 Å². The zero-order valence-electron chi connectivity index (χ0n) is 10.1. The predicted molar refractivity (Wildman–Crippen MR) is 67.2 cm³/mol. The molecule has 1 aromatic rings. The summed E-state index contributed by atoms with van der Waals surface area (Å²) in [5.41, 5.74) is 8.07. The first-order chi connectivity index (χ1) is 7.70. The first-order valence-electron chi connectivity index (χ1n) is 5.91. The number of nitrogens with zero attached hydrogens (tertiary/aromatic N) is 1. The first-order valence-corrected chi connectivity index (χ1v) is 5.91. The monoisotopic (exact) mass is 220 g/mol. The fraction of sp³-hybridized carbons (Fsp3) is 0.538. The number of hydrogen-bond donors (Lipinski definition) is 1. The molecular formula is C13H20N2O. The van der Waals surface area contributed by atoms with Crippen LogP contribution in [0, 0.1) is 0 Å². The van der Waals surface area contributed by atoms with Crippen molar-refractivity contribution in [2.45, 2.75) is 25.9 Å². The fourth-order valence-electron chi connectivity index (χ4n) is 2.16. The van der Waals surface area contributed by atoms with Crippen LogP contribution in [0.1, 0.15) is 18.9 Å². The third kappa shape index (κ3) is 2.30. The zero-order valence-corrected chi connectivity index (χ0v) is 10.1. The number of ether oxygens (including phenoxy) is 1. The minimum absolute atomic E-state index is 0.271. The standard InChI is InChI=1S/C13H20N2O/c1-10-9-15(2)12-8-11(4-3-7-14)5-6-13(12)16-10/h5-6,8,10H,3-4,7,9,14H2,1-2H3. The summed E-state index contributed by atoms with van der Waals surface area (Å²) in [7, 11) is 2.12. The Hall–Kier alpha value is -1.22. The summed E-state index contributed by atoms with van der Waals surface area (Å²) in [6.07, 6.45) is 2.36. The first kappa shape index (κ1) is 11.3. The Balaban J connectivity index is 2.20. The van der Waals surface area contributed by atoms with Crippen LogP contribution in [0.25, 0.3) is 0 Å². The molecule has 3 heteroatoms. The summed E-state index contributed by atoms with van der Waals surface area (Å²) in [4.78, 5) is 2.26. The van der Waals surface area contributed by atoms with Crippen LogP contribution in [0.2, 0.25) is 0 Å². The molecule has 1 aliphatic rings. The van der Waals surface area contributed by atoms with Gasteiger partial charge in [0.05, 0.1) is 12.2 Å². The Kier molecular flexibility index (Phi) is 3.34. The van der Waals surface area contributed by atoms with Crippen LogP contribution in [0.5, 0.6) is 5.75 Å². The lowest BCUT2D eigenvalue weighted by Gasteiger charge is -2.32. The van der Waals surface area contributed by atoms with E-state index in [1.807, 2.05) is 0 Å². The molecule has 3 nitrogen and oxygen atoms in total. The normalized spacial score (nSPS) is 19.2. The second-order valence-corrected chi connectivity index (χ2v) is 4.50. The van der Waals surface area contributed by atoms with Crippen LogP contribution >= 0.6 is 0 Å². The van der Waals surface area contributed by atoms with E-state index in [0.717, 1.165) is 31.7 Å². The average molecular weight is 220 g/mol. The Labute approximate surface area is 97.2 Å². The Bertz CT molecular complexity index is 365. The summed E-state index contributed by atoms with van der Waals surface area (Å²) in [5, 5.41) is 0. The smallest absolute Gasteiger partial charge is 0.143 e. The average Bonchev–Trinajstić information content (AvgIpc) is 2.26. The quantitative estimate of drug-likeness (QED) is 0.844. The fourth-order valence-corrected chi connectivity index (χ4v) is 2.16. The van der Waals surface area contributed by atoms with Crippen molar-refractivity contribution in [1.82, 2.24) is 0 Å². The molecule has 1 aliphatic heterocycles. The molecule has 1 heterocycles.